The largest absolute Gasteiger partial charge is 0.486 e. The van der Waals surface area contributed by atoms with Gasteiger partial charge in [0.2, 0.25) is 5.78 Å². The zero-order valence-electron chi connectivity index (χ0n) is 17.3. The first-order valence-electron chi connectivity index (χ1n) is 9.51. The standard InChI is InChI=1S/C22H23NO7/c1-13(20(24)14-5-7-15(8-6-14)22(2,3)4)30-21(25)16-11-18-19(29-10-9-28-18)12-17(16)23(26)27/h5-8,11-13H,9-10H2,1-4H3/t13-/m1/s1. The fourth-order valence-corrected chi connectivity index (χ4v) is 3.04. The summed E-state index contributed by atoms with van der Waals surface area (Å²) in [5, 5.41) is 11.4. The van der Waals surface area contributed by atoms with E-state index in [1.54, 1.807) is 12.1 Å². The third-order valence-electron chi connectivity index (χ3n) is 4.77. The number of hydrogen-bond acceptors (Lipinski definition) is 7. The predicted octanol–water partition coefficient (Wildman–Crippen LogP) is 4.09. The number of esters is 1. The number of nitro benzene ring substituents is 1. The van der Waals surface area contributed by atoms with E-state index in [1.165, 1.54) is 13.0 Å². The Morgan fingerprint density at radius 1 is 1.07 bits per heavy atom. The van der Waals surface area contributed by atoms with E-state index in [0.717, 1.165) is 11.6 Å². The van der Waals surface area contributed by atoms with Gasteiger partial charge in [0.25, 0.3) is 5.69 Å². The fourth-order valence-electron chi connectivity index (χ4n) is 3.04. The lowest BCUT2D eigenvalue weighted by molar-refractivity contribution is -0.385. The van der Waals surface area contributed by atoms with E-state index in [1.807, 2.05) is 12.1 Å². The number of ketones is 1. The first kappa shape index (κ1) is 21.3. The molecule has 8 nitrogen and oxygen atoms in total. The van der Waals surface area contributed by atoms with E-state index in [4.69, 9.17) is 14.2 Å². The summed E-state index contributed by atoms with van der Waals surface area (Å²) < 4.78 is 16.0. The van der Waals surface area contributed by atoms with Gasteiger partial charge in [-0.1, -0.05) is 45.0 Å². The molecule has 3 rings (SSSR count). The van der Waals surface area contributed by atoms with Gasteiger partial charge < -0.3 is 14.2 Å². The number of nitrogens with zero attached hydrogens (tertiary/aromatic N) is 1. The summed E-state index contributed by atoms with van der Waals surface area (Å²) >= 11 is 0. The highest BCUT2D eigenvalue weighted by atomic mass is 16.6. The summed E-state index contributed by atoms with van der Waals surface area (Å²) in [4.78, 5) is 36.0. The van der Waals surface area contributed by atoms with Gasteiger partial charge in [0.05, 0.1) is 11.0 Å². The second-order valence-corrected chi connectivity index (χ2v) is 8.01. The molecule has 0 saturated heterocycles. The first-order valence-corrected chi connectivity index (χ1v) is 9.51. The Bertz CT molecular complexity index is 990. The van der Waals surface area contributed by atoms with Crippen LogP contribution in [0.1, 0.15) is 54.0 Å². The highest BCUT2D eigenvalue weighted by molar-refractivity contribution is 6.02. The third kappa shape index (κ3) is 4.42. The molecule has 8 heteroatoms. The Kier molecular flexibility index (Phi) is 5.78. The summed E-state index contributed by atoms with van der Waals surface area (Å²) in [6.45, 7) is 8.14. The van der Waals surface area contributed by atoms with Gasteiger partial charge in [-0.15, -0.1) is 0 Å². The molecule has 0 spiro atoms. The molecule has 158 valence electrons. The average Bonchev–Trinajstić information content (AvgIpc) is 2.71. The normalized spacial score (nSPS) is 14.0. The average molecular weight is 413 g/mol. The Morgan fingerprint density at radius 2 is 1.63 bits per heavy atom. The second kappa shape index (κ2) is 8.14. The first-order chi connectivity index (χ1) is 14.1. The number of ether oxygens (including phenoxy) is 3. The highest BCUT2D eigenvalue weighted by Crippen LogP contribution is 2.37. The van der Waals surface area contributed by atoms with Crippen LogP contribution >= 0.6 is 0 Å². The molecule has 0 N–H and O–H groups in total. The van der Waals surface area contributed by atoms with Crippen molar-refractivity contribution < 1.29 is 28.7 Å². The predicted molar refractivity (Wildman–Crippen MR) is 108 cm³/mol. The van der Waals surface area contributed by atoms with E-state index < -0.39 is 28.5 Å². The monoisotopic (exact) mass is 413 g/mol. The minimum absolute atomic E-state index is 0.0587. The molecular formula is C22H23NO7. The Hall–Kier alpha value is -3.42. The molecular weight excluding hydrogens is 390 g/mol. The van der Waals surface area contributed by atoms with Gasteiger partial charge in [0.15, 0.2) is 17.6 Å². The Morgan fingerprint density at radius 3 is 2.17 bits per heavy atom. The highest BCUT2D eigenvalue weighted by Gasteiger charge is 2.30. The van der Waals surface area contributed by atoms with Crippen LogP contribution in [-0.2, 0) is 10.2 Å². The summed E-state index contributed by atoms with van der Waals surface area (Å²) in [6.07, 6.45) is -1.12. The van der Waals surface area contributed by atoms with E-state index in [9.17, 15) is 19.7 Å². The maximum absolute atomic E-state index is 12.7. The molecule has 1 aliphatic rings. The van der Waals surface area contributed by atoms with Crippen LogP contribution in [0.2, 0.25) is 0 Å². The van der Waals surface area contributed by atoms with Crippen molar-refractivity contribution >= 4 is 17.4 Å². The SMILES string of the molecule is C[C@@H](OC(=O)c1cc2c(cc1[N+](=O)[O-])OCCO2)C(=O)c1ccc(C(C)(C)C)cc1. The molecule has 2 aromatic rings. The Balaban J connectivity index is 1.80. The summed E-state index contributed by atoms with van der Waals surface area (Å²) in [6, 6.07) is 9.41. The molecule has 30 heavy (non-hydrogen) atoms. The van der Waals surface area contributed by atoms with E-state index in [-0.39, 0.29) is 35.7 Å². The summed E-state index contributed by atoms with van der Waals surface area (Å²) in [7, 11) is 0. The van der Waals surface area contributed by atoms with Crippen molar-refractivity contribution in [3.8, 4) is 11.5 Å². The lowest BCUT2D eigenvalue weighted by atomic mass is 9.86. The van der Waals surface area contributed by atoms with Crippen LogP contribution < -0.4 is 9.47 Å². The van der Waals surface area contributed by atoms with Gasteiger partial charge >= 0.3 is 5.97 Å². The summed E-state index contributed by atoms with van der Waals surface area (Å²) in [5.41, 5.74) is 0.623. The maximum atomic E-state index is 12.7. The number of benzene rings is 2. The molecule has 2 aromatic carbocycles. The van der Waals surface area contributed by atoms with E-state index >= 15 is 0 Å². The molecule has 0 radical (unpaired) electrons. The minimum Gasteiger partial charge on any atom is -0.486 e. The Labute approximate surface area is 173 Å². The molecule has 0 aliphatic carbocycles. The maximum Gasteiger partial charge on any atom is 0.346 e. The van der Waals surface area contributed by atoms with E-state index in [2.05, 4.69) is 20.8 Å². The molecule has 0 aromatic heterocycles. The number of hydrogen-bond donors (Lipinski definition) is 0. The van der Waals surface area contributed by atoms with Gasteiger partial charge in [0.1, 0.15) is 18.8 Å². The van der Waals surface area contributed by atoms with Crippen molar-refractivity contribution in [2.24, 2.45) is 0 Å². The van der Waals surface area contributed by atoms with Crippen molar-refractivity contribution in [2.45, 2.75) is 39.2 Å². The van der Waals surface area contributed by atoms with Gasteiger partial charge in [-0.2, -0.15) is 0 Å². The van der Waals surface area contributed by atoms with Crippen molar-refractivity contribution in [3.63, 3.8) is 0 Å². The molecule has 0 unspecified atom stereocenters. The molecule has 0 amide bonds. The topological polar surface area (TPSA) is 105 Å². The van der Waals surface area contributed by atoms with Gasteiger partial charge in [-0.05, 0) is 17.9 Å². The van der Waals surface area contributed by atoms with Crippen LogP contribution in [0.15, 0.2) is 36.4 Å². The third-order valence-corrected chi connectivity index (χ3v) is 4.77. The molecule has 1 heterocycles. The zero-order valence-corrected chi connectivity index (χ0v) is 17.3. The molecule has 0 bridgehead atoms. The smallest absolute Gasteiger partial charge is 0.346 e. The van der Waals surface area contributed by atoms with E-state index in [0.29, 0.717) is 5.56 Å². The van der Waals surface area contributed by atoms with Crippen molar-refractivity contribution in [1.29, 1.82) is 0 Å². The van der Waals surface area contributed by atoms with Crippen molar-refractivity contribution in [1.82, 2.24) is 0 Å². The van der Waals surface area contributed by atoms with Crippen LogP contribution in [0, 0.1) is 10.1 Å². The molecule has 0 saturated carbocycles. The lowest BCUT2D eigenvalue weighted by Gasteiger charge is -2.20. The number of carbonyl (C=O) groups excluding carboxylic acids is 2. The zero-order chi connectivity index (χ0) is 22.1. The van der Waals surface area contributed by atoms with Gasteiger partial charge in [-0.3, -0.25) is 14.9 Å². The lowest BCUT2D eigenvalue weighted by Crippen LogP contribution is -2.25. The second-order valence-electron chi connectivity index (χ2n) is 8.01. The summed E-state index contributed by atoms with van der Waals surface area (Å²) in [5.74, 6) is -0.974. The quantitative estimate of drug-likeness (QED) is 0.315. The molecule has 1 atom stereocenters. The number of rotatable bonds is 5. The minimum atomic E-state index is -1.12. The van der Waals surface area contributed by atoms with Crippen LogP contribution in [0.3, 0.4) is 0 Å². The van der Waals surface area contributed by atoms with Gasteiger partial charge in [0, 0.05) is 11.6 Å². The van der Waals surface area contributed by atoms with Crippen molar-refractivity contribution in [3.05, 3.63) is 63.2 Å². The number of nitro groups is 1. The number of Topliss-reactive ketones (excluding diaryl/α,β-unsaturated/α-hetero) is 1. The van der Waals surface area contributed by atoms with Crippen LogP contribution in [0.25, 0.3) is 0 Å². The molecule has 0 fully saturated rings. The van der Waals surface area contributed by atoms with Crippen LogP contribution in [-0.4, -0.2) is 36.0 Å². The fraction of sp³-hybridized carbons (Fsp3) is 0.364. The van der Waals surface area contributed by atoms with Crippen LogP contribution in [0.4, 0.5) is 5.69 Å². The van der Waals surface area contributed by atoms with Crippen LogP contribution in [0.5, 0.6) is 11.5 Å². The van der Waals surface area contributed by atoms with Gasteiger partial charge in [-0.25, -0.2) is 4.79 Å². The van der Waals surface area contributed by atoms with Crippen molar-refractivity contribution in [2.75, 3.05) is 13.2 Å². The molecule has 1 aliphatic heterocycles. The number of fused-ring (bicyclic) bond motifs is 1. The number of carbonyl (C=O) groups is 2.